The highest BCUT2D eigenvalue weighted by atomic mass is 19.1. The number of rotatable bonds is 7. The maximum absolute atomic E-state index is 13.4. The molecule has 0 heterocycles. The number of hydrogen-bond donors (Lipinski definition) is 2. The molecule has 2 N–H and O–H groups in total. The normalized spacial score (nSPS) is 10.1. The number of benzene rings is 2. The van der Waals surface area contributed by atoms with Gasteiger partial charge in [-0.25, -0.2) is 4.39 Å². The maximum atomic E-state index is 13.4. The third-order valence-corrected chi connectivity index (χ3v) is 3.00. The SMILES string of the molecule is CCOc1ccccc1NC(=O)CCNc1ccccc1F. The average molecular weight is 302 g/mol. The van der Waals surface area contributed by atoms with Crippen LogP contribution >= 0.6 is 0 Å². The summed E-state index contributed by atoms with van der Waals surface area (Å²) in [5.41, 5.74) is 1.03. The van der Waals surface area contributed by atoms with Crippen LogP contribution in [0, 0.1) is 5.82 Å². The van der Waals surface area contributed by atoms with Crippen molar-refractivity contribution in [3.8, 4) is 5.75 Å². The monoisotopic (exact) mass is 302 g/mol. The van der Waals surface area contributed by atoms with Crippen molar-refractivity contribution in [3.05, 3.63) is 54.3 Å². The van der Waals surface area contributed by atoms with Gasteiger partial charge in [0.05, 0.1) is 18.0 Å². The van der Waals surface area contributed by atoms with Gasteiger partial charge in [0, 0.05) is 13.0 Å². The molecule has 0 aliphatic carbocycles. The van der Waals surface area contributed by atoms with Gasteiger partial charge in [-0.2, -0.15) is 0 Å². The van der Waals surface area contributed by atoms with Crippen molar-refractivity contribution in [1.82, 2.24) is 0 Å². The molecule has 2 aromatic rings. The number of nitrogens with one attached hydrogen (secondary N) is 2. The molecule has 2 rings (SSSR count). The summed E-state index contributed by atoms with van der Waals surface area (Å²) in [6, 6.07) is 13.6. The molecule has 0 aromatic heterocycles. The van der Waals surface area contributed by atoms with Crippen LogP contribution in [0.25, 0.3) is 0 Å². The fourth-order valence-electron chi connectivity index (χ4n) is 1.98. The molecule has 116 valence electrons. The lowest BCUT2D eigenvalue weighted by Crippen LogP contribution is -2.17. The Morgan fingerprint density at radius 3 is 2.50 bits per heavy atom. The van der Waals surface area contributed by atoms with E-state index in [0.29, 0.717) is 30.3 Å². The highest BCUT2D eigenvalue weighted by Gasteiger charge is 2.07. The quantitative estimate of drug-likeness (QED) is 0.820. The van der Waals surface area contributed by atoms with E-state index in [1.54, 1.807) is 30.3 Å². The highest BCUT2D eigenvalue weighted by molar-refractivity contribution is 5.92. The number of halogens is 1. The smallest absolute Gasteiger partial charge is 0.226 e. The van der Waals surface area contributed by atoms with Gasteiger partial charge < -0.3 is 15.4 Å². The largest absolute Gasteiger partial charge is 0.492 e. The molecule has 0 atom stereocenters. The first kappa shape index (κ1) is 15.8. The number of carbonyl (C=O) groups is 1. The Bertz CT molecular complexity index is 632. The molecule has 22 heavy (non-hydrogen) atoms. The van der Waals surface area contributed by atoms with Crippen molar-refractivity contribution in [2.24, 2.45) is 0 Å². The van der Waals surface area contributed by atoms with E-state index in [0.717, 1.165) is 0 Å². The van der Waals surface area contributed by atoms with Crippen LogP contribution in [0.2, 0.25) is 0 Å². The van der Waals surface area contributed by atoms with Gasteiger partial charge in [0.2, 0.25) is 5.91 Å². The maximum Gasteiger partial charge on any atom is 0.226 e. The summed E-state index contributed by atoms with van der Waals surface area (Å²) in [5.74, 6) is 0.154. The molecule has 0 spiro atoms. The van der Waals surface area contributed by atoms with Crippen molar-refractivity contribution in [3.63, 3.8) is 0 Å². The van der Waals surface area contributed by atoms with Crippen molar-refractivity contribution in [1.29, 1.82) is 0 Å². The summed E-state index contributed by atoms with van der Waals surface area (Å²) in [5, 5.41) is 5.70. The molecule has 0 saturated carbocycles. The molecule has 2 aromatic carbocycles. The molecule has 0 saturated heterocycles. The lowest BCUT2D eigenvalue weighted by molar-refractivity contribution is -0.116. The highest BCUT2D eigenvalue weighted by Crippen LogP contribution is 2.23. The summed E-state index contributed by atoms with van der Waals surface area (Å²) < 4.78 is 18.9. The van der Waals surface area contributed by atoms with Crippen LogP contribution in [0.3, 0.4) is 0 Å². The Morgan fingerprint density at radius 2 is 1.77 bits per heavy atom. The van der Waals surface area contributed by atoms with E-state index < -0.39 is 0 Å². The second-order valence-electron chi connectivity index (χ2n) is 4.63. The molecule has 1 amide bonds. The summed E-state index contributed by atoms with van der Waals surface area (Å²) >= 11 is 0. The number of hydrogen-bond acceptors (Lipinski definition) is 3. The van der Waals surface area contributed by atoms with Crippen LogP contribution in [0.15, 0.2) is 48.5 Å². The first-order chi connectivity index (χ1) is 10.7. The lowest BCUT2D eigenvalue weighted by atomic mass is 10.2. The number of amides is 1. The number of ether oxygens (including phenoxy) is 1. The van der Waals surface area contributed by atoms with Crippen molar-refractivity contribution < 1.29 is 13.9 Å². The summed E-state index contributed by atoms with van der Waals surface area (Å²) in [6.45, 7) is 2.77. The topological polar surface area (TPSA) is 50.4 Å². The molecular formula is C17H19FN2O2. The fraction of sp³-hybridized carbons (Fsp3) is 0.235. The van der Waals surface area contributed by atoms with Crippen molar-refractivity contribution in [2.75, 3.05) is 23.8 Å². The molecule has 0 aliphatic rings. The van der Waals surface area contributed by atoms with Gasteiger partial charge in [0.1, 0.15) is 11.6 Å². The minimum Gasteiger partial charge on any atom is -0.492 e. The predicted molar refractivity (Wildman–Crippen MR) is 85.7 cm³/mol. The van der Waals surface area contributed by atoms with Gasteiger partial charge in [0.25, 0.3) is 0 Å². The third kappa shape index (κ3) is 4.48. The second-order valence-corrected chi connectivity index (χ2v) is 4.63. The Morgan fingerprint density at radius 1 is 1.09 bits per heavy atom. The first-order valence-corrected chi connectivity index (χ1v) is 7.20. The van der Waals surface area contributed by atoms with Crippen LogP contribution in [0.5, 0.6) is 5.75 Å². The third-order valence-electron chi connectivity index (χ3n) is 3.00. The van der Waals surface area contributed by atoms with E-state index in [2.05, 4.69) is 10.6 Å². The summed E-state index contributed by atoms with van der Waals surface area (Å²) in [7, 11) is 0. The van der Waals surface area contributed by atoms with Gasteiger partial charge >= 0.3 is 0 Å². The van der Waals surface area contributed by atoms with Crippen LogP contribution in [-0.2, 0) is 4.79 Å². The average Bonchev–Trinajstić information content (AvgIpc) is 2.51. The van der Waals surface area contributed by atoms with Gasteiger partial charge in [-0.15, -0.1) is 0 Å². The van der Waals surface area contributed by atoms with Gasteiger partial charge in [-0.05, 0) is 31.2 Å². The van der Waals surface area contributed by atoms with Gasteiger partial charge in [-0.1, -0.05) is 24.3 Å². The zero-order valence-corrected chi connectivity index (χ0v) is 12.4. The van der Waals surface area contributed by atoms with Crippen LogP contribution in [0.1, 0.15) is 13.3 Å². The molecule has 0 radical (unpaired) electrons. The van der Waals surface area contributed by atoms with Crippen LogP contribution in [-0.4, -0.2) is 19.1 Å². The zero-order chi connectivity index (χ0) is 15.8. The molecule has 0 unspecified atom stereocenters. The van der Waals surface area contributed by atoms with Gasteiger partial charge in [0.15, 0.2) is 0 Å². The molecule has 4 nitrogen and oxygen atoms in total. The van der Waals surface area contributed by atoms with E-state index in [4.69, 9.17) is 4.74 Å². The van der Waals surface area contributed by atoms with Crippen LogP contribution in [0.4, 0.5) is 15.8 Å². The Kier molecular flexibility index (Phi) is 5.77. The first-order valence-electron chi connectivity index (χ1n) is 7.20. The Labute approximate surface area is 129 Å². The minimum atomic E-state index is -0.329. The van der Waals surface area contributed by atoms with E-state index in [-0.39, 0.29) is 18.1 Å². The fourth-order valence-corrected chi connectivity index (χ4v) is 1.98. The van der Waals surface area contributed by atoms with E-state index in [9.17, 15) is 9.18 Å². The lowest BCUT2D eigenvalue weighted by Gasteiger charge is -2.11. The molecule has 0 fully saturated rings. The van der Waals surface area contributed by atoms with E-state index in [1.807, 2.05) is 19.1 Å². The van der Waals surface area contributed by atoms with Gasteiger partial charge in [-0.3, -0.25) is 4.79 Å². The molecule has 0 bridgehead atoms. The predicted octanol–water partition coefficient (Wildman–Crippen LogP) is 3.67. The second kappa shape index (κ2) is 8.02. The van der Waals surface area contributed by atoms with Crippen molar-refractivity contribution in [2.45, 2.75) is 13.3 Å². The van der Waals surface area contributed by atoms with E-state index in [1.165, 1.54) is 6.07 Å². The Balaban J connectivity index is 1.85. The molecule has 5 heteroatoms. The number of carbonyl (C=O) groups excluding carboxylic acids is 1. The van der Waals surface area contributed by atoms with Crippen molar-refractivity contribution >= 4 is 17.3 Å². The van der Waals surface area contributed by atoms with Crippen LogP contribution < -0.4 is 15.4 Å². The Hall–Kier alpha value is -2.56. The molecular weight excluding hydrogens is 283 g/mol. The molecule has 0 aliphatic heterocycles. The standard InChI is InChI=1S/C17H19FN2O2/c1-2-22-16-10-6-5-9-15(16)20-17(21)11-12-19-14-8-4-3-7-13(14)18/h3-10,19H,2,11-12H2,1H3,(H,20,21). The minimum absolute atomic E-state index is 0.156. The number of anilines is 2. The van der Waals surface area contributed by atoms with E-state index >= 15 is 0 Å². The summed E-state index contributed by atoms with van der Waals surface area (Å²) in [4.78, 5) is 11.9. The zero-order valence-electron chi connectivity index (χ0n) is 12.4. The number of para-hydroxylation sites is 3. The summed E-state index contributed by atoms with van der Waals surface area (Å²) in [6.07, 6.45) is 0.231.